The minimum absolute atomic E-state index is 0.279. The number of aryl methyl sites for hydroxylation is 3. The molecule has 7 heteroatoms. The van der Waals surface area contributed by atoms with Gasteiger partial charge in [0, 0.05) is 0 Å². The summed E-state index contributed by atoms with van der Waals surface area (Å²) in [6.07, 6.45) is 1.11. The van der Waals surface area contributed by atoms with E-state index in [1.165, 1.54) is 0 Å². The van der Waals surface area contributed by atoms with Gasteiger partial charge in [0.05, 0.1) is 18.5 Å². The molecule has 0 bridgehead atoms. The fraction of sp³-hybridized carbons (Fsp3) is 0.381. The van der Waals surface area contributed by atoms with Crippen LogP contribution >= 0.6 is 0 Å². The lowest BCUT2D eigenvalue weighted by atomic mass is 10.1. The van der Waals surface area contributed by atoms with Gasteiger partial charge in [-0.15, -0.1) is 0 Å². The molecule has 0 aliphatic carbocycles. The lowest BCUT2D eigenvalue weighted by molar-refractivity contribution is -0.121. The Morgan fingerprint density at radius 1 is 1.04 bits per heavy atom. The Morgan fingerprint density at radius 3 is 2.14 bits per heavy atom. The number of anilines is 1. The van der Waals surface area contributed by atoms with Crippen LogP contribution in [0.3, 0.4) is 0 Å². The Kier molecular flexibility index (Phi) is 7.07. The molecule has 2 aromatic carbocycles. The lowest BCUT2D eigenvalue weighted by Gasteiger charge is -2.28. The normalized spacial score (nSPS) is 12.3. The molecule has 0 aliphatic heterocycles. The number of amides is 1. The van der Waals surface area contributed by atoms with Gasteiger partial charge in [0.2, 0.25) is 15.9 Å². The first-order chi connectivity index (χ1) is 13.1. The molecule has 0 heterocycles. The van der Waals surface area contributed by atoms with Crippen LogP contribution in [0, 0.1) is 20.8 Å². The van der Waals surface area contributed by atoms with E-state index in [0.717, 1.165) is 33.0 Å². The van der Waals surface area contributed by atoms with Crippen molar-refractivity contribution in [3.63, 3.8) is 0 Å². The van der Waals surface area contributed by atoms with Crippen LogP contribution in [0.4, 0.5) is 5.69 Å². The Balaban J connectivity index is 2.02. The SMILES string of the molecule is Cc1ccc(OCCNC(=O)C(C)N(c2cc(C)cc(C)c2)S(C)(=O)=O)cc1. The van der Waals surface area contributed by atoms with E-state index < -0.39 is 16.1 Å². The van der Waals surface area contributed by atoms with Gasteiger partial charge in [-0.05, 0) is 63.1 Å². The zero-order chi connectivity index (χ0) is 20.9. The Labute approximate surface area is 167 Å². The topological polar surface area (TPSA) is 75.7 Å². The average molecular weight is 405 g/mol. The van der Waals surface area contributed by atoms with E-state index in [4.69, 9.17) is 4.74 Å². The molecule has 0 aliphatic rings. The molecule has 2 aromatic rings. The van der Waals surface area contributed by atoms with Crippen LogP contribution in [-0.4, -0.2) is 39.8 Å². The van der Waals surface area contributed by atoms with Crippen LogP contribution in [0.2, 0.25) is 0 Å². The van der Waals surface area contributed by atoms with Crippen LogP contribution < -0.4 is 14.4 Å². The molecule has 1 unspecified atom stereocenters. The van der Waals surface area contributed by atoms with E-state index in [2.05, 4.69) is 5.32 Å². The van der Waals surface area contributed by atoms with Gasteiger partial charge in [-0.25, -0.2) is 8.42 Å². The first-order valence-corrected chi connectivity index (χ1v) is 11.0. The standard InChI is InChI=1S/C21H28N2O4S/c1-15-6-8-20(9-7-15)27-11-10-22-21(24)18(4)23(28(5,25)26)19-13-16(2)12-17(3)14-19/h6-9,12-14,18H,10-11H2,1-5H3,(H,22,24). The van der Waals surface area contributed by atoms with E-state index in [-0.39, 0.29) is 12.5 Å². The number of carbonyl (C=O) groups is 1. The molecule has 28 heavy (non-hydrogen) atoms. The van der Waals surface area contributed by atoms with Gasteiger partial charge < -0.3 is 10.1 Å². The molecular formula is C21H28N2O4S. The molecule has 0 aromatic heterocycles. The highest BCUT2D eigenvalue weighted by molar-refractivity contribution is 7.92. The molecular weight excluding hydrogens is 376 g/mol. The molecule has 152 valence electrons. The van der Waals surface area contributed by atoms with Crippen molar-refractivity contribution >= 4 is 21.6 Å². The van der Waals surface area contributed by atoms with Crippen LogP contribution in [0.25, 0.3) is 0 Å². The maximum absolute atomic E-state index is 12.6. The summed E-state index contributed by atoms with van der Waals surface area (Å²) in [4.78, 5) is 12.6. The Bertz CT molecular complexity index is 904. The largest absolute Gasteiger partial charge is 0.492 e. The number of carbonyl (C=O) groups excluding carboxylic acids is 1. The van der Waals surface area contributed by atoms with Crippen molar-refractivity contribution in [3.8, 4) is 5.75 Å². The fourth-order valence-electron chi connectivity index (χ4n) is 3.01. The minimum atomic E-state index is -3.63. The summed E-state index contributed by atoms with van der Waals surface area (Å²) < 4.78 is 31.5. The highest BCUT2D eigenvalue weighted by Crippen LogP contribution is 2.23. The van der Waals surface area contributed by atoms with E-state index >= 15 is 0 Å². The second-order valence-corrected chi connectivity index (χ2v) is 8.89. The fourth-order valence-corrected chi connectivity index (χ4v) is 4.17. The van der Waals surface area contributed by atoms with Crippen LogP contribution in [0.15, 0.2) is 42.5 Å². The Hall–Kier alpha value is -2.54. The van der Waals surface area contributed by atoms with Crippen molar-refractivity contribution in [2.45, 2.75) is 33.7 Å². The number of benzene rings is 2. The zero-order valence-corrected chi connectivity index (χ0v) is 17.8. The summed E-state index contributed by atoms with van der Waals surface area (Å²) in [5.74, 6) is 0.345. The summed E-state index contributed by atoms with van der Waals surface area (Å²) in [6, 6.07) is 12.2. The van der Waals surface area contributed by atoms with Gasteiger partial charge in [0.15, 0.2) is 0 Å². The van der Waals surface area contributed by atoms with Gasteiger partial charge in [0.25, 0.3) is 0 Å². The third-order valence-corrected chi connectivity index (χ3v) is 5.48. The third-order valence-electron chi connectivity index (χ3n) is 4.24. The maximum Gasteiger partial charge on any atom is 0.243 e. The van der Waals surface area contributed by atoms with Crippen molar-refractivity contribution < 1.29 is 17.9 Å². The van der Waals surface area contributed by atoms with Crippen molar-refractivity contribution in [3.05, 3.63) is 59.2 Å². The van der Waals surface area contributed by atoms with Gasteiger partial charge in [-0.2, -0.15) is 0 Å². The quantitative estimate of drug-likeness (QED) is 0.687. The smallest absolute Gasteiger partial charge is 0.243 e. The summed E-state index contributed by atoms with van der Waals surface area (Å²) in [5, 5.41) is 2.75. The second-order valence-electron chi connectivity index (χ2n) is 7.03. The third kappa shape index (κ3) is 5.99. The number of hydrogen-bond donors (Lipinski definition) is 1. The second kappa shape index (κ2) is 9.10. The van der Waals surface area contributed by atoms with E-state index in [9.17, 15) is 13.2 Å². The molecule has 6 nitrogen and oxygen atoms in total. The zero-order valence-electron chi connectivity index (χ0n) is 17.0. The van der Waals surface area contributed by atoms with E-state index in [1.807, 2.05) is 51.1 Å². The number of nitrogens with zero attached hydrogens (tertiary/aromatic N) is 1. The molecule has 0 fully saturated rings. The molecule has 1 amide bonds. The molecule has 2 rings (SSSR count). The van der Waals surface area contributed by atoms with Crippen molar-refractivity contribution in [2.24, 2.45) is 0 Å². The maximum atomic E-state index is 12.6. The Morgan fingerprint density at radius 2 is 1.61 bits per heavy atom. The number of rotatable bonds is 8. The first kappa shape index (κ1) is 21.8. The minimum Gasteiger partial charge on any atom is -0.492 e. The van der Waals surface area contributed by atoms with Gasteiger partial charge in [-0.3, -0.25) is 9.10 Å². The molecule has 0 radical (unpaired) electrons. The lowest BCUT2D eigenvalue weighted by Crippen LogP contribution is -2.48. The van der Waals surface area contributed by atoms with Crippen LogP contribution in [-0.2, 0) is 14.8 Å². The average Bonchev–Trinajstić information content (AvgIpc) is 2.58. The van der Waals surface area contributed by atoms with E-state index in [1.54, 1.807) is 19.1 Å². The van der Waals surface area contributed by atoms with Gasteiger partial charge in [0.1, 0.15) is 18.4 Å². The molecule has 0 saturated carbocycles. The monoisotopic (exact) mass is 404 g/mol. The van der Waals surface area contributed by atoms with Crippen molar-refractivity contribution in [1.29, 1.82) is 0 Å². The highest BCUT2D eigenvalue weighted by atomic mass is 32.2. The van der Waals surface area contributed by atoms with Gasteiger partial charge in [-0.1, -0.05) is 23.8 Å². The predicted molar refractivity (Wildman–Crippen MR) is 112 cm³/mol. The van der Waals surface area contributed by atoms with Crippen molar-refractivity contribution in [2.75, 3.05) is 23.7 Å². The number of sulfonamides is 1. The summed E-state index contributed by atoms with van der Waals surface area (Å²) >= 11 is 0. The molecule has 1 N–H and O–H groups in total. The molecule has 0 saturated heterocycles. The summed E-state index contributed by atoms with van der Waals surface area (Å²) in [5.41, 5.74) is 3.49. The summed E-state index contributed by atoms with van der Waals surface area (Å²) in [6.45, 7) is 7.93. The first-order valence-electron chi connectivity index (χ1n) is 9.13. The van der Waals surface area contributed by atoms with Crippen LogP contribution in [0.5, 0.6) is 5.75 Å². The van der Waals surface area contributed by atoms with Crippen LogP contribution in [0.1, 0.15) is 23.6 Å². The number of nitrogens with one attached hydrogen (secondary N) is 1. The number of hydrogen-bond acceptors (Lipinski definition) is 4. The highest BCUT2D eigenvalue weighted by Gasteiger charge is 2.29. The molecule has 0 spiro atoms. The predicted octanol–water partition coefficient (Wildman–Crippen LogP) is 2.96. The summed E-state index contributed by atoms with van der Waals surface area (Å²) in [7, 11) is -3.63. The van der Waals surface area contributed by atoms with Crippen molar-refractivity contribution in [1.82, 2.24) is 5.32 Å². The number of ether oxygens (including phenoxy) is 1. The molecule has 1 atom stereocenters. The van der Waals surface area contributed by atoms with Gasteiger partial charge >= 0.3 is 0 Å². The van der Waals surface area contributed by atoms with E-state index in [0.29, 0.717) is 12.3 Å².